The minimum absolute atomic E-state index is 0.158. The third-order valence-electron chi connectivity index (χ3n) is 3.63. The van der Waals surface area contributed by atoms with Crippen LogP contribution >= 0.6 is 0 Å². The first-order valence-corrected chi connectivity index (χ1v) is 6.09. The van der Waals surface area contributed by atoms with Crippen molar-refractivity contribution < 1.29 is 0 Å². The summed E-state index contributed by atoms with van der Waals surface area (Å²) in [6.45, 7) is 0. The molecule has 1 aromatic carbocycles. The van der Waals surface area contributed by atoms with E-state index in [2.05, 4.69) is 29.2 Å². The zero-order chi connectivity index (χ0) is 11.7. The third-order valence-corrected chi connectivity index (χ3v) is 3.63. The second-order valence-corrected chi connectivity index (χ2v) is 4.81. The average Bonchev–Trinajstić information content (AvgIpc) is 2.37. The zero-order valence-corrected chi connectivity index (χ0v) is 9.76. The number of nitrogens with zero attached hydrogens (tertiary/aromatic N) is 1. The van der Waals surface area contributed by atoms with Crippen LogP contribution in [0.2, 0.25) is 0 Å². The molecule has 2 N–H and O–H groups in total. The Kier molecular flexibility index (Phi) is 2.45. The molecular weight excluding hydrogens is 208 g/mol. The van der Waals surface area contributed by atoms with Gasteiger partial charge in [-0.05, 0) is 30.9 Å². The van der Waals surface area contributed by atoms with Gasteiger partial charge in [-0.25, -0.2) is 0 Å². The van der Waals surface area contributed by atoms with Crippen molar-refractivity contribution in [2.45, 2.75) is 24.8 Å². The van der Waals surface area contributed by atoms with E-state index in [-0.39, 0.29) is 5.54 Å². The SMILES string of the molecule is NC1(c2ccc(-c3ccccc3)cn2)CCC1. The fourth-order valence-corrected chi connectivity index (χ4v) is 2.30. The van der Waals surface area contributed by atoms with Gasteiger partial charge >= 0.3 is 0 Å². The van der Waals surface area contributed by atoms with Gasteiger partial charge in [-0.1, -0.05) is 36.4 Å². The van der Waals surface area contributed by atoms with Crippen LogP contribution < -0.4 is 5.73 Å². The highest BCUT2D eigenvalue weighted by molar-refractivity contribution is 5.62. The second-order valence-electron chi connectivity index (χ2n) is 4.81. The number of hydrogen-bond acceptors (Lipinski definition) is 2. The second kappa shape index (κ2) is 3.97. The van der Waals surface area contributed by atoms with E-state index < -0.39 is 0 Å². The van der Waals surface area contributed by atoms with Gasteiger partial charge in [0, 0.05) is 11.8 Å². The first-order chi connectivity index (χ1) is 8.28. The molecule has 1 saturated carbocycles. The van der Waals surface area contributed by atoms with Crippen LogP contribution in [0.1, 0.15) is 25.0 Å². The Bertz CT molecular complexity index is 498. The van der Waals surface area contributed by atoms with Gasteiger partial charge in [0.2, 0.25) is 0 Å². The van der Waals surface area contributed by atoms with Crippen LogP contribution in [0.4, 0.5) is 0 Å². The summed E-state index contributed by atoms with van der Waals surface area (Å²) in [6, 6.07) is 14.5. The quantitative estimate of drug-likeness (QED) is 0.851. The fourth-order valence-electron chi connectivity index (χ4n) is 2.30. The monoisotopic (exact) mass is 224 g/mol. The van der Waals surface area contributed by atoms with Crippen molar-refractivity contribution in [3.63, 3.8) is 0 Å². The van der Waals surface area contributed by atoms with Crippen LogP contribution in [-0.4, -0.2) is 4.98 Å². The Balaban J connectivity index is 1.90. The van der Waals surface area contributed by atoms with Crippen LogP contribution in [0.25, 0.3) is 11.1 Å². The first kappa shape index (κ1) is 10.5. The van der Waals surface area contributed by atoms with E-state index in [1.165, 1.54) is 12.0 Å². The zero-order valence-electron chi connectivity index (χ0n) is 9.76. The van der Waals surface area contributed by atoms with Crippen molar-refractivity contribution >= 4 is 0 Å². The predicted octanol–water partition coefficient (Wildman–Crippen LogP) is 3.09. The summed E-state index contributed by atoms with van der Waals surface area (Å²) in [5.74, 6) is 0. The maximum Gasteiger partial charge on any atom is 0.0602 e. The van der Waals surface area contributed by atoms with Crippen LogP contribution in [-0.2, 0) is 5.54 Å². The van der Waals surface area contributed by atoms with Gasteiger partial charge in [0.25, 0.3) is 0 Å². The lowest BCUT2D eigenvalue weighted by atomic mass is 9.75. The molecule has 0 aliphatic heterocycles. The highest BCUT2D eigenvalue weighted by Gasteiger charge is 2.35. The van der Waals surface area contributed by atoms with Crippen molar-refractivity contribution in [1.82, 2.24) is 4.98 Å². The lowest BCUT2D eigenvalue weighted by molar-refractivity contribution is 0.246. The van der Waals surface area contributed by atoms with Gasteiger partial charge in [0.1, 0.15) is 0 Å². The molecule has 0 unspecified atom stereocenters. The Morgan fingerprint density at radius 1 is 0.941 bits per heavy atom. The van der Waals surface area contributed by atoms with Crippen LogP contribution in [0.15, 0.2) is 48.7 Å². The summed E-state index contributed by atoms with van der Waals surface area (Å²) in [6.07, 6.45) is 5.27. The molecule has 1 aliphatic carbocycles. The highest BCUT2D eigenvalue weighted by atomic mass is 14.9. The summed E-state index contributed by atoms with van der Waals surface area (Å²) in [4.78, 5) is 4.52. The Hall–Kier alpha value is -1.67. The van der Waals surface area contributed by atoms with Crippen molar-refractivity contribution in [1.29, 1.82) is 0 Å². The standard InChI is InChI=1S/C15H16N2/c16-15(9-4-10-15)14-8-7-13(11-17-14)12-5-2-1-3-6-12/h1-3,5-8,11H,4,9-10,16H2. The molecule has 2 nitrogen and oxygen atoms in total. The molecule has 86 valence electrons. The van der Waals surface area contributed by atoms with Gasteiger partial charge in [-0.3, -0.25) is 4.98 Å². The lowest BCUT2D eigenvalue weighted by Crippen LogP contribution is -2.43. The van der Waals surface area contributed by atoms with E-state index in [1.807, 2.05) is 24.4 Å². The molecule has 3 rings (SSSR count). The van der Waals surface area contributed by atoms with Gasteiger partial charge in [0.15, 0.2) is 0 Å². The number of rotatable bonds is 2. The van der Waals surface area contributed by atoms with E-state index in [0.29, 0.717) is 0 Å². The number of pyridine rings is 1. The summed E-state index contributed by atoms with van der Waals surface area (Å²) in [7, 11) is 0. The molecule has 2 aromatic rings. The molecule has 1 fully saturated rings. The minimum Gasteiger partial charge on any atom is -0.320 e. The normalized spacial score (nSPS) is 17.5. The summed E-state index contributed by atoms with van der Waals surface area (Å²) in [5.41, 5.74) is 9.47. The largest absolute Gasteiger partial charge is 0.320 e. The minimum atomic E-state index is -0.158. The Labute approximate surface area is 102 Å². The van der Waals surface area contributed by atoms with Crippen LogP contribution in [0.5, 0.6) is 0 Å². The molecule has 2 heteroatoms. The molecule has 0 spiro atoms. The van der Waals surface area contributed by atoms with Gasteiger partial charge in [-0.2, -0.15) is 0 Å². The number of hydrogen-bond donors (Lipinski definition) is 1. The van der Waals surface area contributed by atoms with E-state index in [1.54, 1.807) is 0 Å². The van der Waals surface area contributed by atoms with Crippen molar-refractivity contribution in [3.8, 4) is 11.1 Å². The summed E-state index contributed by atoms with van der Waals surface area (Å²) in [5, 5.41) is 0. The van der Waals surface area contributed by atoms with Gasteiger partial charge < -0.3 is 5.73 Å². The molecule has 0 saturated heterocycles. The summed E-state index contributed by atoms with van der Waals surface area (Å²) >= 11 is 0. The van der Waals surface area contributed by atoms with E-state index in [4.69, 9.17) is 5.73 Å². The third kappa shape index (κ3) is 1.85. The molecular formula is C15H16N2. The van der Waals surface area contributed by atoms with Crippen LogP contribution in [0, 0.1) is 0 Å². The number of benzene rings is 1. The van der Waals surface area contributed by atoms with Gasteiger partial charge in [-0.15, -0.1) is 0 Å². The first-order valence-electron chi connectivity index (χ1n) is 6.09. The molecule has 1 heterocycles. The fraction of sp³-hybridized carbons (Fsp3) is 0.267. The predicted molar refractivity (Wildman–Crippen MR) is 69.4 cm³/mol. The van der Waals surface area contributed by atoms with Crippen molar-refractivity contribution in [3.05, 3.63) is 54.4 Å². The van der Waals surface area contributed by atoms with E-state index >= 15 is 0 Å². The van der Waals surface area contributed by atoms with Crippen molar-refractivity contribution in [2.75, 3.05) is 0 Å². The maximum atomic E-state index is 6.25. The average molecular weight is 224 g/mol. The Morgan fingerprint density at radius 2 is 1.71 bits per heavy atom. The topological polar surface area (TPSA) is 38.9 Å². The molecule has 0 bridgehead atoms. The molecule has 17 heavy (non-hydrogen) atoms. The smallest absolute Gasteiger partial charge is 0.0602 e. The van der Waals surface area contributed by atoms with Crippen LogP contribution in [0.3, 0.4) is 0 Å². The van der Waals surface area contributed by atoms with Crippen molar-refractivity contribution in [2.24, 2.45) is 5.73 Å². The molecule has 0 atom stereocenters. The molecule has 0 amide bonds. The summed E-state index contributed by atoms with van der Waals surface area (Å²) < 4.78 is 0. The Morgan fingerprint density at radius 3 is 2.24 bits per heavy atom. The maximum absolute atomic E-state index is 6.25. The number of nitrogens with two attached hydrogens (primary N) is 1. The van der Waals surface area contributed by atoms with E-state index in [9.17, 15) is 0 Å². The van der Waals surface area contributed by atoms with E-state index in [0.717, 1.165) is 24.1 Å². The van der Waals surface area contributed by atoms with Gasteiger partial charge in [0.05, 0.1) is 11.2 Å². The molecule has 1 aromatic heterocycles. The lowest BCUT2D eigenvalue weighted by Gasteiger charge is -2.37. The molecule has 1 aliphatic rings. The highest BCUT2D eigenvalue weighted by Crippen LogP contribution is 2.37. The number of aromatic nitrogens is 1. The molecule has 0 radical (unpaired) electrons.